The molecule has 1 heterocycles. The number of carbonyl (C=O) groups is 1. The van der Waals surface area contributed by atoms with Crippen LogP contribution in [0.5, 0.6) is 0 Å². The van der Waals surface area contributed by atoms with E-state index in [2.05, 4.69) is 0 Å². The minimum atomic E-state index is -4.65. The number of benzene rings is 2. The molecule has 0 saturated carbocycles. The van der Waals surface area contributed by atoms with E-state index < -0.39 is 38.4 Å². The Labute approximate surface area is 178 Å². The van der Waals surface area contributed by atoms with E-state index in [4.69, 9.17) is 0 Å². The van der Waals surface area contributed by atoms with Gasteiger partial charge in [0.1, 0.15) is 5.82 Å². The van der Waals surface area contributed by atoms with Crippen molar-refractivity contribution in [2.45, 2.75) is 30.5 Å². The lowest BCUT2D eigenvalue weighted by molar-refractivity contribution is -0.138. The van der Waals surface area contributed by atoms with Gasteiger partial charge >= 0.3 is 6.18 Å². The Balaban J connectivity index is 1.65. The van der Waals surface area contributed by atoms with Crippen molar-refractivity contribution in [1.29, 1.82) is 0 Å². The first-order valence-corrected chi connectivity index (χ1v) is 11.1. The highest BCUT2D eigenvalue weighted by atomic mass is 32.2. The van der Waals surface area contributed by atoms with Crippen LogP contribution in [0.4, 0.5) is 17.6 Å². The summed E-state index contributed by atoms with van der Waals surface area (Å²) < 4.78 is 79.2. The molecule has 2 aromatic carbocycles. The third-order valence-corrected chi connectivity index (χ3v) is 7.24. The zero-order valence-corrected chi connectivity index (χ0v) is 17.6. The highest BCUT2D eigenvalue weighted by molar-refractivity contribution is 7.89. The molecule has 1 amide bonds. The van der Waals surface area contributed by atoms with Gasteiger partial charge in [0.05, 0.1) is 10.5 Å². The number of carbonyl (C=O) groups excluding carboxylic acids is 1. The molecular formula is C21H22F4N2O3S. The van der Waals surface area contributed by atoms with Crippen LogP contribution in [0.1, 0.15) is 24.0 Å². The summed E-state index contributed by atoms with van der Waals surface area (Å²) in [4.78, 5) is 13.7. The van der Waals surface area contributed by atoms with Crippen molar-refractivity contribution >= 4 is 15.9 Å². The van der Waals surface area contributed by atoms with Crippen molar-refractivity contribution in [3.05, 3.63) is 65.5 Å². The van der Waals surface area contributed by atoms with E-state index in [0.717, 1.165) is 22.5 Å². The SMILES string of the molecule is CN(Cc1ccccc1F)C(=O)C1CCN(S(=O)(=O)c2cccc(C(F)(F)F)c2)CC1. The standard InChI is InChI=1S/C21H22F4N2O3S/c1-26(14-16-5-2-3-8-19(16)22)20(28)15-9-11-27(12-10-15)31(29,30)18-7-4-6-17(13-18)21(23,24)25/h2-8,13,15H,9-12,14H2,1H3. The predicted octanol–water partition coefficient (Wildman–Crippen LogP) is 3.90. The Hall–Kier alpha value is -2.46. The van der Waals surface area contributed by atoms with Gasteiger partial charge in [-0.3, -0.25) is 4.79 Å². The van der Waals surface area contributed by atoms with Crippen LogP contribution in [-0.4, -0.2) is 43.7 Å². The molecular weight excluding hydrogens is 436 g/mol. The predicted molar refractivity (Wildman–Crippen MR) is 106 cm³/mol. The maximum atomic E-state index is 13.8. The second-order valence-electron chi connectivity index (χ2n) is 7.49. The van der Waals surface area contributed by atoms with Crippen LogP contribution in [0.15, 0.2) is 53.4 Å². The average molecular weight is 458 g/mol. The van der Waals surface area contributed by atoms with Gasteiger partial charge in [0, 0.05) is 38.2 Å². The van der Waals surface area contributed by atoms with Crippen LogP contribution in [0.2, 0.25) is 0 Å². The van der Waals surface area contributed by atoms with Gasteiger partial charge in [0.25, 0.3) is 0 Å². The van der Waals surface area contributed by atoms with E-state index in [9.17, 15) is 30.8 Å². The van der Waals surface area contributed by atoms with E-state index in [1.807, 2.05) is 0 Å². The molecule has 0 N–H and O–H groups in total. The van der Waals surface area contributed by atoms with E-state index in [0.29, 0.717) is 11.6 Å². The smallest absolute Gasteiger partial charge is 0.341 e. The highest BCUT2D eigenvalue weighted by Gasteiger charge is 2.35. The summed E-state index contributed by atoms with van der Waals surface area (Å²) in [7, 11) is -2.55. The van der Waals surface area contributed by atoms with Crippen molar-refractivity contribution in [2.24, 2.45) is 5.92 Å². The highest BCUT2D eigenvalue weighted by Crippen LogP contribution is 2.32. The molecule has 0 bridgehead atoms. The van der Waals surface area contributed by atoms with Gasteiger partial charge in [0.2, 0.25) is 15.9 Å². The van der Waals surface area contributed by atoms with Crippen LogP contribution < -0.4 is 0 Å². The molecule has 31 heavy (non-hydrogen) atoms. The van der Waals surface area contributed by atoms with Gasteiger partial charge in [-0.05, 0) is 37.1 Å². The lowest BCUT2D eigenvalue weighted by Crippen LogP contribution is -2.43. The van der Waals surface area contributed by atoms with Gasteiger partial charge in [-0.2, -0.15) is 17.5 Å². The molecule has 0 atom stereocenters. The molecule has 168 valence electrons. The molecule has 1 aliphatic heterocycles. The third-order valence-electron chi connectivity index (χ3n) is 5.34. The molecule has 1 saturated heterocycles. The van der Waals surface area contributed by atoms with Crippen molar-refractivity contribution in [3.63, 3.8) is 0 Å². The Morgan fingerprint density at radius 3 is 2.35 bits per heavy atom. The zero-order valence-electron chi connectivity index (χ0n) is 16.8. The summed E-state index contributed by atoms with van der Waals surface area (Å²) in [6.07, 6.45) is -4.18. The lowest BCUT2D eigenvalue weighted by Gasteiger charge is -2.32. The second-order valence-corrected chi connectivity index (χ2v) is 9.43. The molecule has 0 radical (unpaired) electrons. The molecule has 2 aromatic rings. The van der Waals surface area contributed by atoms with Gasteiger partial charge in [-0.25, -0.2) is 12.8 Å². The Kier molecular flexibility index (Phi) is 6.70. The number of piperidine rings is 1. The summed E-state index contributed by atoms with van der Waals surface area (Å²) >= 11 is 0. The van der Waals surface area contributed by atoms with Gasteiger partial charge < -0.3 is 4.90 Å². The normalized spacial score (nSPS) is 16.3. The number of hydrogen-bond acceptors (Lipinski definition) is 3. The summed E-state index contributed by atoms with van der Waals surface area (Å²) in [6.45, 7) is 0.124. The summed E-state index contributed by atoms with van der Waals surface area (Å²) in [5.41, 5.74) is -0.656. The monoisotopic (exact) mass is 458 g/mol. The largest absolute Gasteiger partial charge is 0.416 e. The Bertz CT molecular complexity index is 1050. The number of amides is 1. The number of hydrogen-bond donors (Lipinski definition) is 0. The van der Waals surface area contributed by atoms with Crippen molar-refractivity contribution < 1.29 is 30.8 Å². The van der Waals surface area contributed by atoms with Gasteiger partial charge in [-0.1, -0.05) is 24.3 Å². The first kappa shape index (κ1) is 23.2. The molecule has 1 aliphatic rings. The van der Waals surface area contributed by atoms with Crippen LogP contribution in [0.25, 0.3) is 0 Å². The fraction of sp³-hybridized carbons (Fsp3) is 0.381. The molecule has 3 rings (SSSR count). The zero-order chi connectivity index (χ0) is 22.8. The fourth-order valence-corrected chi connectivity index (χ4v) is 5.11. The maximum absolute atomic E-state index is 13.8. The molecule has 10 heteroatoms. The van der Waals surface area contributed by atoms with E-state index in [1.54, 1.807) is 25.2 Å². The van der Waals surface area contributed by atoms with Crippen LogP contribution in [0, 0.1) is 11.7 Å². The number of halogens is 4. The fourth-order valence-electron chi connectivity index (χ4n) is 3.60. The third kappa shape index (κ3) is 5.24. The first-order valence-electron chi connectivity index (χ1n) is 9.66. The summed E-state index contributed by atoms with van der Waals surface area (Å²) in [5, 5.41) is 0. The van der Waals surface area contributed by atoms with Gasteiger partial charge in [-0.15, -0.1) is 0 Å². The molecule has 1 fully saturated rings. The van der Waals surface area contributed by atoms with Crippen LogP contribution >= 0.6 is 0 Å². The number of alkyl halides is 3. The summed E-state index contributed by atoms with van der Waals surface area (Å²) in [5.74, 6) is -1.08. The molecule has 0 aliphatic carbocycles. The first-order chi connectivity index (χ1) is 14.5. The van der Waals surface area contributed by atoms with E-state index in [1.165, 1.54) is 11.0 Å². The minimum absolute atomic E-state index is 0.0164. The lowest BCUT2D eigenvalue weighted by atomic mass is 9.96. The minimum Gasteiger partial charge on any atom is -0.341 e. The van der Waals surface area contributed by atoms with Crippen molar-refractivity contribution in [1.82, 2.24) is 9.21 Å². The maximum Gasteiger partial charge on any atom is 0.416 e. The number of nitrogens with zero attached hydrogens (tertiary/aromatic N) is 2. The molecule has 0 unspecified atom stereocenters. The molecule has 0 spiro atoms. The van der Waals surface area contributed by atoms with Gasteiger partial charge in [0.15, 0.2) is 0 Å². The number of sulfonamides is 1. The Morgan fingerprint density at radius 1 is 1.10 bits per heavy atom. The average Bonchev–Trinajstić information content (AvgIpc) is 2.74. The van der Waals surface area contributed by atoms with Crippen molar-refractivity contribution in [2.75, 3.05) is 20.1 Å². The second kappa shape index (κ2) is 8.96. The van der Waals surface area contributed by atoms with E-state index >= 15 is 0 Å². The van der Waals surface area contributed by atoms with Crippen LogP contribution in [-0.2, 0) is 27.5 Å². The van der Waals surface area contributed by atoms with E-state index in [-0.39, 0.29) is 38.4 Å². The summed E-state index contributed by atoms with van der Waals surface area (Å²) in [6, 6.07) is 9.75. The Morgan fingerprint density at radius 2 is 1.74 bits per heavy atom. The van der Waals surface area contributed by atoms with Crippen LogP contribution in [0.3, 0.4) is 0 Å². The quantitative estimate of drug-likeness (QED) is 0.639. The molecule has 0 aromatic heterocycles. The topological polar surface area (TPSA) is 57.7 Å². The van der Waals surface area contributed by atoms with Crippen molar-refractivity contribution in [3.8, 4) is 0 Å². The number of rotatable bonds is 5. The molecule has 5 nitrogen and oxygen atoms in total.